The second-order valence-electron chi connectivity index (χ2n) is 7.92. The highest BCUT2D eigenvalue weighted by molar-refractivity contribution is 7.89. The SMILES string of the molecule is COCC(=O)N1CCCc2ccc(NC(=O)c3ccc(S(=O)(=O)N4CCOCC4)cc3)cc21. The number of carbonyl (C=O) groups excluding carboxylic acids is 2. The molecule has 0 spiro atoms. The van der Waals surface area contributed by atoms with Gasteiger partial charge in [-0.25, -0.2) is 8.42 Å². The number of nitrogens with one attached hydrogen (secondary N) is 1. The molecule has 0 aliphatic carbocycles. The van der Waals surface area contributed by atoms with Crippen LogP contribution in [-0.4, -0.2) is 71.1 Å². The first kappa shape index (κ1) is 23.4. The summed E-state index contributed by atoms with van der Waals surface area (Å²) < 4.78 is 37.1. The highest BCUT2D eigenvalue weighted by Gasteiger charge is 2.26. The Kier molecular flexibility index (Phi) is 7.08. The fourth-order valence-corrected chi connectivity index (χ4v) is 5.44. The lowest BCUT2D eigenvalue weighted by Gasteiger charge is -2.30. The van der Waals surface area contributed by atoms with Gasteiger partial charge in [-0.3, -0.25) is 9.59 Å². The van der Waals surface area contributed by atoms with E-state index in [9.17, 15) is 18.0 Å². The molecule has 4 rings (SSSR count). The highest BCUT2D eigenvalue weighted by Crippen LogP contribution is 2.30. The van der Waals surface area contributed by atoms with E-state index in [1.807, 2.05) is 6.07 Å². The lowest BCUT2D eigenvalue weighted by molar-refractivity contribution is -0.122. The molecule has 176 valence electrons. The van der Waals surface area contributed by atoms with Gasteiger partial charge in [-0.2, -0.15) is 4.31 Å². The van der Waals surface area contributed by atoms with Crippen LogP contribution in [0.3, 0.4) is 0 Å². The summed E-state index contributed by atoms with van der Waals surface area (Å²) in [7, 11) is -2.14. The molecule has 0 saturated carbocycles. The number of aryl methyl sites for hydroxylation is 1. The molecule has 0 aromatic heterocycles. The van der Waals surface area contributed by atoms with E-state index < -0.39 is 10.0 Å². The van der Waals surface area contributed by atoms with E-state index in [1.165, 1.54) is 35.7 Å². The zero-order chi connectivity index (χ0) is 23.4. The number of ether oxygens (including phenoxy) is 2. The van der Waals surface area contributed by atoms with Crippen molar-refractivity contribution >= 4 is 33.2 Å². The number of hydrogen-bond donors (Lipinski definition) is 1. The maximum absolute atomic E-state index is 12.8. The molecule has 2 aliphatic heterocycles. The van der Waals surface area contributed by atoms with Crippen LogP contribution in [0.5, 0.6) is 0 Å². The summed E-state index contributed by atoms with van der Waals surface area (Å²) in [4.78, 5) is 27.0. The number of fused-ring (bicyclic) bond motifs is 1. The van der Waals surface area contributed by atoms with Gasteiger partial charge in [0.25, 0.3) is 11.8 Å². The molecule has 9 nitrogen and oxygen atoms in total. The third-order valence-corrected chi connectivity index (χ3v) is 7.67. The minimum Gasteiger partial charge on any atom is -0.379 e. The summed E-state index contributed by atoms with van der Waals surface area (Å²) in [6.45, 7) is 1.96. The molecule has 10 heteroatoms. The van der Waals surface area contributed by atoms with Gasteiger partial charge < -0.3 is 19.7 Å². The Labute approximate surface area is 193 Å². The summed E-state index contributed by atoms with van der Waals surface area (Å²) >= 11 is 0. The zero-order valence-electron chi connectivity index (χ0n) is 18.5. The summed E-state index contributed by atoms with van der Waals surface area (Å²) in [6.07, 6.45) is 1.73. The maximum Gasteiger partial charge on any atom is 0.255 e. The fraction of sp³-hybridized carbons (Fsp3) is 0.391. The quantitative estimate of drug-likeness (QED) is 0.687. The molecule has 0 bridgehead atoms. The average molecular weight is 474 g/mol. The smallest absolute Gasteiger partial charge is 0.255 e. The molecule has 2 aromatic rings. The predicted octanol–water partition coefficient (Wildman–Crippen LogP) is 1.89. The molecule has 2 aromatic carbocycles. The van der Waals surface area contributed by atoms with Crippen LogP contribution in [0, 0.1) is 0 Å². The number of nitrogens with zero attached hydrogens (tertiary/aromatic N) is 2. The number of anilines is 2. The molecule has 33 heavy (non-hydrogen) atoms. The minimum atomic E-state index is -3.62. The van der Waals surface area contributed by atoms with Gasteiger partial charge in [0.15, 0.2) is 0 Å². The Hall–Kier alpha value is -2.79. The molecule has 1 fully saturated rings. The Bertz CT molecular complexity index is 1130. The standard InChI is InChI=1S/C23H27N3O6S/c1-31-16-22(27)26-10-2-3-17-4-7-19(15-21(17)26)24-23(28)18-5-8-20(9-6-18)33(29,30)25-11-13-32-14-12-25/h4-9,15H,2-3,10-14,16H2,1H3,(H,24,28). The molecular weight excluding hydrogens is 446 g/mol. The van der Waals surface area contributed by atoms with Crippen molar-refractivity contribution in [2.45, 2.75) is 17.7 Å². The number of hydrogen-bond acceptors (Lipinski definition) is 6. The largest absolute Gasteiger partial charge is 0.379 e. The first-order valence-corrected chi connectivity index (χ1v) is 12.3. The minimum absolute atomic E-state index is 0.00423. The zero-order valence-corrected chi connectivity index (χ0v) is 19.3. The molecule has 2 amide bonds. The fourth-order valence-electron chi connectivity index (χ4n) is 4.03. The summed E-state index contributed by atoms with van der Waals surface area (Å²) in [5, 5.41) is 2.84. The van der Waals surface area contributed by atoms with E-state index >= 15 is 0 Å². The van der Waals surface area contributed by atoms with Crippen molar-refractivity contribution in [2.24, 2.45) is 0 Å². The molecule has 0 unspecified atom stereocenters. The van der Waals surface area contributed by atoms with Gasteiger partial charge in [0.1, 0.15) is 6.61 Å². The Morgan fingerprint density at radius 2 is 1.79 bits per heavy atom. The van der Waals surface area contributed by atoms with Crippen LogP contribution in [0.1, 0.15) is 22.3 Å². The van der Waals surface area contributed by atoms with Crippen molar-refractivity contribution in [1.82, 2.24) is 4.31 Å². The van der Waals surface area contributed by atoms with E-state index in [4.69, 9.17) is 9.47 Å². The van der Waals surface area contributed by atoms with E-state index in [2.05, 4.69) is 5.32 Å². The van der Waals surface area contributed by atoms with Crippen molar-refractivity contribution in [1.29, 1.82) is 0 Å². The summed E-state index contributed by atoms with van der Waals surface area (Å²) in [5.74, 6) is -0.491. The molecule has 1 saturated heterocycles. The number of methoxy groups -OCH3 is 1. The lowest BCUT2D eigenvalue weighted by Crippen LogP contribution is -2.40. The van der Waals surface area contributed by atoms with Crippen LogP contribution in [0.25, 0.3) is 0 Å². The van der Waals surface area contributed by atoms with Gasteiger partial charge in [0, 0.05) is 43.7 Å². The van der Waals surface area contributed by atoms with Crippen LogP contribution in [0.4, 0.5) is 11.4 Å². The van der Waals surface area contributed by atoms with Crippen molar-refractivity contribution in [3.05, 3.63) is 53.6 Å². The van der Waals surface area contributed by atoms with Crippen LogP contribution in [0.2, 0.25) is 0 Å². The molecular formula is C23H27N3O6S. The number of benzene rings is 2. The van der Waals surface area contributed by atoms with E-state index in [-0.39, 0.29) is 23.3 Å². The second-order valence-corrected chi connectivity index (χ2v) is 9.86. The van der Waals surface area contributed by atoms with E-state index in [0.29, 0.717) is 44.1 Å². The van der Waals surface area contributed by atoms with Gasteiger partial charge in [0.05, 0.1) is 18.1 Å². The summed E-state index contributed by atoms with van der Waals surface area (Å²) in [5.41, 5.74) is 2.70. The third kappa shape index (κ3) is 5.09. The van der Waals surface area contributed by atoms with Crippen molar-refractivity contribution < 1.29 is 27.5 Å². The summed E-state index contributed by atoms with van der Waals surface area (Å²) in [6, 6.07) is 11.4. The number of morpholine rings is 1. The number of amides is 2. The molecule has 2 heterocycles. The predicted molar refractivity (Wildman–Crippen MR) is 123 cm³/mol. The van der Waals surface area contributed by atoms with Gasteiger partial charge in [0.2, 0.25) is 10.0 Å². The first-order valence-electron chi connectivity index (χ1n) is 10.8. The number of sulfonamides is 1. The van der Waals surface area contributed by atoms with Crippen LogP contribution >= 0.6 is 0 Å². The Morgan fingerprint density at radius 3 is 2.48 bits per heavy atom. The van der Waals surface area contributed by atoms with Crippen molar-refractivity contribution in [3.8, 4) is 0 Å². The van der Waals surface area contributed by atoms with Gasteiger partial charge in [-0.1, -0.05) is 6.07 Å². The van der Waals surface area contributed by atoms with Crippen LogP contribution in [-0.2, 0) is 30.7 Å². The lowest BCUT2D eigenvalue weighted by atomic mass is 10.0. The average Bonchev–Trinajstić information content (AvgIpc) is 2.84. The topological polar surface area (TPSA) is 105 Å². The monoisotopic (exact) mass is 473 g/mol. The van der Waals surface area contributed by atoms with E-state index in [0.717, 1.165) is 24.1 Å². The highest BCUT2D eigenvalue weighted by atomic mass is 32.2. The molecule has 0 atom stereocenters. The van der Waals surface area contributed by atoms with Crippen molar-refractivity contribution in [3.63, 3.8) is 0 Å². The molecule has 0 radical (unpaired) electrons. The first-order chi connectivity index (χ1) is 15.9. The maximum atomic E-state index is 12.8. The number of carbonyl (C=O) groups is 2. The molecule has 2 aliphatic rings. The van der Waals surface area contributed by atoms with Gasteiger partial charge >= 0.3 is 0 Å². The van der Waals surface area contributed by atoms with Crippen LogP contribution in [0.15, 0.2) is 47.4 Å². The Morgan fingerprint density at radius 1 is 1.06 bits per heavy atom. The third-order valence-electron chi connectivity index (χ3n) is 5.75. The molecule has 1 N–H and O–H groups in total. The second kappa shape index (κ2) is 10.0. The normalized spacial score (nSPS) is 16.8. The van der Waals surface area contributed by atoms with Gasteiger partial charge in [-0.05, 0) is 54.8 Å². The Balaban J connectivity index is 1.48. The van der Waals surface area contributed by atoms with Gasteiger partial charge in [-0.15, -0.1) is 0 Å². The van der Waals surface area contributed by atoms with Crippen molar-refractivity contribution in [2.75, 3.05) is 56.8 Å². The van der Waals surface area contributed by atoms with Crippen LogP contribution < -0.4 is 10.2 Å². The van der Waals surface area contributed by atoms with E-state index in [1.54, 1.807) is 17.0 Å². The number of rotatable bonds is 6.